The minimum absolute atomic E-state index is 0.327. The molecule has 0 atom stereocenters. The standard InChI is InChI=1S/C12H9N3OS/c13-12-10-11(17-9(15-10)5-6-16)7-3-1-2-4-8(7)14-12/h1-4,6H,5H2,(H2,13,14). The number of anilines is 1. The van der Waals surface area contributed by atoms with Crippen molar-refractivity contribution >= 4 is 44.6 Å². The minimum atomic E-state index is 0.327. The van der Waals surface area contributed by atoms with E-state index in [9.17, 15) is 4.79 Å². The number of aldehydes is 1. The second-order valence-electron chi connectivity index (χ2n) is 3.67. The fourth-order valence-electron chi connectivity index (χ4n) is 1.83. The van der Waals surface area contributed by atoms with Crippen molar-refractivity contribution in [3.8, 4) is 0 Å². The number of benzene rings is 1. The summed E-state index contributed by atoms with van der Waals surface area (Å²) in [6.45, 7) is 0. The molecule has 0 amide bonds. The Balaban J connectivity index is 2.42. The van der Waals surface area contributed by atoms with Crippen LogP contribution in [0.2, 0.25) is 0 Å². The van der Waals surface area contributed by atoms with E-state index in [2.05, 4.69) is 9.97 Å². The van der Waals surface area contributed by atoms with Crippen molar-refractivity contribution in [3.63, 3.8) is 0 Å². The Morgan fingerprint density at radius 2 is 2.12 bits per heavy atom. The highest BCUT2D eigenvalue weighted by Crippen LogP contribution is 2.32. The van der Waals surface area contributed by atoms with Gasteiger partial charge >= 0.3 is 0 Å². The van der Waals surface area contributed by atoms with E-state index in [1.807, 2.05) is 24.3 Å². The van der Waals surface area contributed by atoms with Crippen molar-refractivity contribution in [3.05, 3.63) is 29.3 Å². The largest absolute Gasteiger partial charge is 0.382 e. The van der Waals surface area contributed by atoms with Gasteiger partial charge in [-0.05, 0) is 6.07 Å². The van der Waals surface area contributed by atoms with Crippen molar-refractivity contribution in [1.29, 1.82) is 0 Å². The monoisotopic (exact) mass is 243 g/mol. The smallest absolute Gasteiger partial charge is 0.151 e. The molecule has 3 aromatic rings. The predicted octanol–water partition coefficient (Wildman–Crippen LogP) is 2.17. The number of thiazole rings is 1. The fraction of sp³-hybridized carbons (Fsp3) is 0.0833. The van der Waals surface area contributed by atoms with Crippen LogP contribution < -0.4 is 5.73 Å². The van der Waals surface area contributed by atoms with Crippen LogP contribution in [-0.2, 0) is 11.2 Å². The van der Waals surface area contributed by atoms with Gasteiger partial charge < -0.3 is 10.5 Å². The molecule has 0 unspecified atom stereocenters. The molecule has 2 heterocycles. The van der Waals surface area contributed by atoms with E-state index >= 15 is 0 Å². The molecule has 17 heavy (non-hydrogen) atoms. The molecule has 0 saturated heterocycles. The summed E-state index contributed by atoms with van der Waals surface area (Å²) in [5, 5.41) is 1.81. The zero-order valence-electron chi connectivity index (χ0n) is 8.88. The summed E-state index contributed by atoms with van der Waals surface area (Å²) in [6, 6.07) is 7.80. The van der Waals surface area contributed by atoms with Crippen LogP contribution in [0.3, 0.4) is 0 Å². The molecular formula is C12H9N3OS. The average Bonchev–Trinajstić information content (AvgIpc) is 2.74. The number of nitrogens with two attached hydrogens (primary N) is 1. The molecule has 3 rings (SSSR count). The molecular weight excluding hydrogens is 234 g/mol. The average molecular weight is 243 g/mol. The normalized spacial score (nSPS) is 11.1. The molecule has 0 bridgehead atoms. The van der Waals surface area contributed by atoms with Crippen LogP contribution in [0.25, 0.3) is 21.1 Å². The first kappa shape index (κ1) is 10.2. The van der Waals surface area contributed by atoms with Gasteiger partial charge in [0.25, 0.3) is 0 Å². The van der Waals surface area contributed by atoms with Gasteiger partial charge in [-0.3, -0.25) is 0 Å². The number of nitrogens with zero attached hydrogens (tertiary/aromatic N) is 2. The van der Waals surface area contributed by atoms with Crippen molar-refractivity contribution < 1.29 is 4.79 Å². The number of aromatic nitrogens is 2. The van der Waals surface area contributed by atoms with Gasteiger partial charge in [-0.15, -0.1) is 11.3 Å². The van der Waals surface area contributed by atoms with Gasteiger partial charge in [0, 0.05) is 5.39 Å². The Labute approximate surface area is 101 Å². The van der Waals surface area contributed by atoms with E-state index < -0.39 is 0 Å². The van der Waals surface area contributed by atoms with Crippen molar-refractivity contribution in [1.82, 2.24) is 9.97 Å². The second-order valence-corrected chi connectivity index (χ2v) is 4.75. The number of fused-ring (bicyclic) bond motifs is 3. The maximum Gasteiger partial charge on any atom is 0.151 e. The molecule has 84 valence electrons. The Hall–Kier alpha value is -2.01. The maximum atomic E-state index is 10.5. The highest BCUT2D eigenvalue weighted by Gasteiger charge is 2.11. The lowest BCUT2D eigenvalue weighted by Gasteiger charge is -1.99. The number of para-hydroxylation sites is 1. The van der Waals surface area contributed by atoms with E-state index in [-0.39, 0.29) is 0 Å². The van der Waals surface area contributed by atoms with E-state index in [0.29, 0.717) is 17.8 Å². The summed E-state index contributed by atoms with van der Waals surface area (Å²) in [7, 11) is 0. The quantitative estimate of drug-likeness (QED) is 0.700. The molecule has 0 fully saturated rings. The Morgan fingerprint density at radius 1 is 1.29 bits per heavy atom. The van der Waals surface area contributed by atoms with E-state index in [0.717, 1.165) is 26.9 Å². The summed E-state index contributed by atoms with van der Waals surface area (Å²) >= 11 is 1.50. The van der Waals surface area contributed by atoms with Gasteiger partial charge in [0.15, 0.2) is 5.82 Å². The molecule has 0 radical (unpaired) electrons. The summed E-state index contributed by atoms with van der Waals surface area (Å²) in [4.78, 5) is 19.2. The number of nitrogen functional groups attached to an aromatic ring is 1. The van der Waals surface area contributed by atoms with Crippen LogP contribution in [0.5, 0.6) is 0 Å². The van der Waals surface area contributed by atoms with Crippen LogP contribution in [0.4, 0.5) is 5.82 Å². The van der Waals surface area contributed by atoms with Crippen molar-refractivity contribution in [2.45, 2.75) is 6.42 Å². The number of hydrogen-bond acceptors (Lipinski definition) is 5. The first-order chi connectivity index (χ1) is 8.29. The number of hydrogen-bond donors (Lipinski definition) is 1. The Bertz CT molecular complexity index is 720. The summed E-state index contributed by atoms with van der Waals surface area (Å²) < 4.78 is 1.00. The predicted molar refractivity (Wildman–Crippen MR) is 69.1 cm³/mol. The van der Waals surface area contributed by atoms with Crippen LogP contribution in [0.15, 0.2) is 24.3 Å². The van der Waals surface area contributed by atoms with Gasteiger partial charge in [-0.2, -0.15) is 0 Å². The zero-order chi connectivity index (χ0) is 11.8. The lowest BCUT2D eigenvalue weighted by Crippen LogP contribution is -1.92. The highest BCUT2D eigenvalue weighted by atomic mass is 32.1. The number of pyridine rings is 1. The lowest BCUT2D eigenvalue weighted by molar-refractivity contribution is -0.107. The Morgan fingerprint density at radius 3 is 2.94 bits per heavy atom. The molecule has 0 saturated carbocycles. The second kappa shape index (κ2) is 3.78. The fourth-order valence-corrected chi connectivity index (χ4v) is 2.88. The van der Waals surface area contributed by atoms with Gasteiger partial charge in [0.1, 0.15) is 16.8 Å². The van der Waals surface area contributed by atoms with E-state index in [1.165, 1.54) is 11.3 Å². The molecule has 1 aromatic carbocycles. The first-order valence-corrected chi connectivity index (χ1v) is 5.98. The van der Waals surface area contributed by atoms with Gasteiger partial charge in [-0.25, -0.2) is 9.97 Å². The molecule has 2 N–H and O–H groups in total. The molecule has 4 nitrogen and oxygen atoms in total. The lowest BCUT2D eigenvalue weighted by atomic mass is 10.2. The third-order valence-corrected chi connectivity index (χ3v) is 3.67. The van der Waals surface area contributed by atoms with Gasteiger partial charge in [0.2, 0.25) is 0 Å². The van der Waals surface area contributed by atoms with Crippen molar-refractivity contribution in [2.75, 3.05) is 5.73 Å². The highest BCUT2D eigenvalue weighted by molar-refractivity contribution is 7.19. The SMILES string of the molecule is Nc1nc2ccccc2c2sc(CC=O)nc12. The van der Waals surface area contributed by atoms with Crippen LogP contribution in [-0.4, -0.2) is 16.3 Å². The topological polar surface area (TPSA) is 68.9 Å². The zero-order valence-corrected chi connectivity index (χ0v) is 9.70. The Kier molecular flexibility index (Phi) is 2.26. The van der Waals surface area contributed by atoms with Crippen molar-refractivity contribution in [2.24, 2.45) is 0 Å². The summed E-state index contributed by atoms with van der Waals surface area (Å²) in [5.74, 6) is 0.423. The van der Waals surface area contributed by atoms with Crippen LogP contribution >= 0.6 is 11.3 Å². The summed E-state index contributed by atoms with van der Waals surface area (Å²) in [5.41, 5.74) is 7.44. The first-order valence-electron chi connectivity index (χ1n) is 5.17. The van der Waals surface area contributed by atoms with Gasteiger partial charge in [0.05, 0.1) is 16.6 Å². The number of carbonyl (C=O) groups is 1. The van der Waals surface area contributed by atoms with E-state index in [4.69, 9.17) is 5.73 Å². The third-order valence-electron chi connectivity index (χ3n) is 2.56. The molecule has 2 aromatic heterocycles. The molecule has 0 aliphatic carbocycles. The van der Waals surface area contributed by atoms with Gasteiger partial charge in [-0.1, -0.05) is 18.2 Å². The maximum absolute atomic E-state index is 10.5. The molecule has 0 aliphatic rings. The third kappa shape index (κ3) is 1.55. The minimum Gasteiger partial charge on any atom is -0.382 e. The molecule has 0 spiro atoms. The molecule has 5 heteroatoms. The number of carbonyl (C=O) groups excluding carboxylic acids is 1. The van der Waals surface area contributed by atoms with Crippen LogP contribution in [0.1, 0.15) is 5.01 Å². The number of rotatable bonds is 2. The molecule has 0 aliphatic heterocycles. The summed E-state index contributed by atoms with van der Waals surface area (Å²) in [6.07, 6.45) is 1.18. The van der Waals surface area contributed by atoms with Crippen LogP contribution in [0, 0.1) is 0 Å². The van der Waals surface area contributed by atoms with E-state index in [1.54, 1.807) is 0 Å².